The standard InChI is InChI=1S/C13H17NO5/c1-2-7-19-8-6-11(15)14-10-5-3-4-9(12(10)16)13(17)18/h3-5,16H,2,6-8H2,1H3,(H,14,15)(H,17,18). The SMILES string of the molecule is CCCOCCC(=O)Nc1cccc(C(=O)O)c1O. The van der Waals surface area contributed by atoms with Crippen molar-refractivity contribution >= 4 is 17.6 Å². The molecule has 6 heteroatoms. The van der Waals surface area contributed by atoms with Crippen molar-refractivity contribution in [3.8, 4) is 5.75 Å². The van der Waals surface area contributed by atoms with E-state index in [0.717, 1.165) is 6.42 Å². The number of para-hydroxylation sites is 1. The average molecular weight is 267 g/mol. The molecule has 0 saturated carbocycles. The highest BCUT2D eigenvalue weighted by Crippen LogP contribution is 2.27. The Bertz CT molecular complexity index is 458. The second-order valence-corrected chi connectivity index (χ2v) is 3.92. The van der Waals surface area contributed by atoms with E-state index in [1.807, 2.05) is 6.92 Å². The van der Waals surface area contributed by atoms with Gasteiger partial charge < -0.3 is 20.3 Å². The molecule has 0 aliphatic carbocycles. The number of benzene rings is 1. The number of nitrogens with one attached hydrogen (secondary N) is 1. The fraction of sp³-hybridized carbons (Fsp3) is 0.385. The molecule has 0 aromatic heterocycles. The molecular formula is C13H17NO5. The molecule has 0 aliphatic rings. The molecule has 0 fully saturated rings. The summed E-state index contributed by atoms with van der Waals surface area (Å²) in [5, 5.41) is 21.0. The predicted octanol–water partition coefficient (Wildman–Crippen LogP) is 1.85. The van der Waals surface area contributed by atoms with Crippen molar-refractivity contribution in [1.82, 2.24) is 0 Å². The lowest BCUT2D eigenvalue weighted by Crippen LogP contribution is -2.15. The van der Waals surface area contributed by atoms with Gasteiger partial charge in [0.25, 0.3) is 0 Å². The van der Waals surface area contributed by atoms with Crippen LogP contribution in [0, 0.1) is 0 Å². The van der Waals surface area contributed by atoms with Crippen LogP contribution in [0.1, 0.15) is 30.1 Å². The molecule has 0 saturated heterocycles. The van der Waals surface area contributed by atoms with Crippen molar-refractivity contribution < 1.29 is 24.5 Å². The van der Waals surface area contributed by atoms with Gasteiger partial charge in [0.15, 0.2) is 5.75 Å². The van der Waals surface area contributed by atoms with E-state index in [9.17, 15) is 14.7 Å². The van der Waals surface area contributed by atoms with Crippen molar-refractivity contribution in [2.24, 2.45) is 0 Å². The molecule has 6 nitrogen and oxygen atoms in total. The van der Waals surface area contributed by atoms with E-state index in [-0.39, 0.29) is 23.6 Å². The normalized spacial score (nSPS) is 10.2. The zero-order valence-electron chi connectivity index (χ0n) is 10.7. The van der Waals surface area contributed by atoms with Crippen molar-refractivity contribution in [2.75, 3.05) is 18.5 Å². The lowest BCUT2D eigenvalue weighted by Gasteiger charge is -2.09. The van der Waals surface area contributed by atoms with Crippen LogP contribution in [0.25, 0.3) is 0 Å². The molecule has 1 rings (SSSR count). The summed E-state index contributed by atoms with van der Waals surface area (Å²) in [6.45, 7) is 2.85. The Labute approximate surface area is 111 Å². The summed E-state index contributed by atoms with van der Waals surface area (Å²) in [5.74, 6) is -2.04. The number of carbonyl (C=O) groups is 2. The first-order chi connectivity index (χ1) is 9.06. The van der Waals surface area contributed by atoms with Gasteiger partial charge in [-0.3, -0.25) is 4.79 Å². The highest BCUT2D eigenvalue weighted by Gasteiger charge is 2.14. The summed E-state index contributed by atoms with van der Waals surface area (Å²) in [4.78, 5) is 22.4. The number of hydrogen-bond acceptors (Lipinski definition) is 4. The zero-order chi connectivity index (χ0) is 14.3. The highest BCUT2D eigenvalue weighted by molar-refractivity contribution is 5.97. The first kappa shape index (κ1) is 15.0. The minimum absolute atomic E-state index is 0.0837. The Morgan fingerprint density at radius 2 is 2.05 bits per heavy atom. The molecule has 0 unspecified atom stereocenters. The quantitative estimate of drug-likeness (QED) is 0.517. The van der Waals surface area contributed by atoms with Crippen molar-refractivity contribution in [3.63, 3.8) is 0 Å². The molecule has 1 amide bonds. The fourth-order valence-corrected chi connectivity index (χ4v) is 1.44. The Morgan fingerprint density at radius 3 is 2.68 bits per heavy atom. The van der Waals surface area contributed by atoms with Gasteiger partial charge in [-0.15, -0.1) is 0 Å². The van der Waals surface area contributed by atoms with E-state index in [2.05, 4.69) is 5.32 Å². The molecule has 0 radical (unpaired) electrons. The van der Waals surface area contributed by atoms with Gasteiger partial charge >= 0.3 is 5.97 Å². The lowest BCUT2D eigenvalue weighted by molar-refractivity contribution is -0.117. The Balaban J connectivity index is 2.59. The van der Waals surface area contributed by atoms with E-state index in [0.29, 0.717) is 13.2 Å². The first-order valence-corrected chi connectivity index (χ1v) is 5.99. The largest absolute Gasteiger partial charge is 0.505 e. The third-order valence-electron chi connectivity index (χ3n) is 2.36. The van der Waals surface area contributed by atoms with Crippen LogP contribution in [0.15, 0.2) is 18.2 Å². The van der Waals surface area contributed by atoms with Gasteiger partial charge in [0, 0.05) is 6.61 Å². The van der Waals surface area contributed by atoms with Crippen LogP contribution in [0.3, 0.4) is 0 Å². The minimum atomic E-state index is -1.25. The third-order valence-corrected chi connectivity index (χ3v) is 2.36. The second kappa shape index (κ2) is 7.38. The number of rotatable bonds is 7. The molecule has 0 bridgehead atoms. The number of phenols is 1. The maximum Gasteiger partial charge on any atom is 0.339 e. The van der Waals surface area contributed by atoms with Crippen LogP contribution < -0.4 is 5.32 Å². The monoisotopic (exact) mass is 267 g/mol. The van der Waals surface area contributed by atoms with Crippen molar-refractivity contribution in [1.29, 1.82) is 0 Å². The van der Waals surface area contributed by atoms with E-state index < -0.39 is 11.7 Å². The van der Waals surface area contributed by atoms with Gasteiger partial charge in [-0.25, -0.2) is 4.79 Å². The van der Waals surface area contributed by atoms with Crippen LogP contribution in [0.5, 0.6) is 5.75 Å². The van der Waals surface area contributed by atoms with E-state index >= 15 is 0 Å². The predicted molar refractivity (Wildman–Crippen MR) is 69.4 cm³/mol. The van der Waals surface area contributed by atoms with E-state index in [1.165, 1.54) is 18.2 Å². The Morgan fingerprint density at radius 1 is 1.32 bits per heavy atom. The number of aromatic carboxylic acids is 1. The van der Waals surface area contributed by atoms with Crippen molar-refractivity contribution in [2.45, 2.75) is 19.8 Å². The van der Waals surface area contributed by atoms with Gasteiger partial charge in [-0.1, -0.05) is 13.0 Å². The second-order valence-electron chi connectivity index (χ2n) is 3.92. The number of carbonyl (C=O) groups excluding carboxylic acids is 1. The summed E-state index contributed by atoms with van der Waals surface area (Å²) in [6, 6.07) is 4.15. The van der Waals surface area contributed by atoms with Gasteiger partial charge in [-0.2, -0.15) is 0 Å². The average Bonchev–Trinajstić information content (AvgIpc) is 2.37. The molecule has 104 valence electrons. The smallest absolute Gasteiger partial charge is 0.339 e. The van der Waals surface area contributed by atoms with Crippen LogP contribution in [-0.4, -0.2) is 35.3 Å². The number of anilines is 1. The summed E-state index contributed by atoms with van der Waals surface area (Å²) in [6.07, 6.45) is 1.03. The van der Waals surface area contributed by atoms with Gasteiger partial charge in [0.05, 0.1) is 18.7 Å². The summed E-state index contributed by atoms with van der Waals surface area (Å²) in [7, 11) is 0. The van der Waals surface area contributed by atoms with Crippen LogP contribution in [0.4, 0.5) is 5.69 Å². The van der Waals surface area contributed by atoms with E-state index in [1.54, 1.807) is 0 Å². The maximum absolute atomic E-state index is 11.6. The number of carboxylic acid groups (broad SMARTS) is 1. The van der Waals surface area contributed by atoms with Gasteiger partial charge in [0.2, 0.25) is 5.91 Å². The topological polar surface area (TPSA) is 95.9 Å². The molecule has 3 N–H and O–H groups in total. The number of carboxylic acids is 1. The zero-order valence-corrected chi connectivity index (χ0v) is 10.7. The third kappa shape index (κ3) is 4.59. The summed E-state index contributed by atoms with van der Waals surface area (Å²) >= 11 is 0. The molecule has 0 atom stereocenters. The van der Waals surface area contributed by atoms with Gasteiger partial charge in [-0.05, 0) is 18.6 Å². The van der Waals surface area contributed by atoms with Crippen molar-refractivity contribution in [3.05, 3.63) is 23.8 Å². The number of amides is 1. The van der Waals surface area contributed by atoms with Crippen LogP contribution >= 0.6 is 0 Å². The number of hydrogen-bond donors (Lipinski definition) is 3. The molecule has 0 aliphatic heterocycles. The number of aromatic hydroxyl groups is 1. The summed E-state index contributed by atoms with van der Waals surface area (Å²) < 4.78 is 5.17. The molecule has 0 heterocycles. The molecule has 0 spiro atoms. The van der Waals surface area contributed by atoms with Crippen LogP contribution in [-0.2, 0) is 9.53 Å². The molecule has 1 aromatic rings. The molecule has 19 heavy (non-hydrogen) atoms. The fourth-order valence-electron chi connectivity index (χ4n) is 1.44. The molecule has 1 aromatic carbocycles. The Hall–Kier alpha value is -2.08. The number of ether oxygens (including phenoxy) is 1. The first-order valence-electron chi connectivity index (χ1n) is 5.99. The van der Waals surface area contributed by atoms with E-state index in [4.69, 9.17) is 9.84 Å². The van der Waals surface area contributed by atoms with Gasteiger partial charge in [0.1, 0.15) is 5.56 Å². The summed E-state index contributed by atoms with van der Waals surface area (Å²) in [5.41, 5.74) is -0.166. The highest BCUT2D eigenvalue weighted by atomic mass is 16.5. The minimum Gasteiger partial charge on any atom is -0.505 e. The lowest BCUT2D eigenvalue weighted by atomic mass is 10.1. The molecular weight excluding hydrogens is 250 g/mol. The van der Waals surface area contributed by atoms with Crippen LogP contribution in [0.2, 0.25) is 0 Å². The Kier molecular flexibility index (Phi) is 5.81. The maximum atomic E-state index is 11.6.